The van der Waals surface area contributed by atoms with Crippen molar-refractivity contribution in [3.8, 4) is 0 Å². The Balaban J connectivity index is 2.96. The zero-order valence-corrected chi connectivity index (χ0v) is 12.8. The van der Waals surface area contributed by atoms with E-state index < -0.39 is 0 Å². The number of rotatable bonds is 3. The molecule has 1 aromatic rings. The molecule has 0 saturated heterocycles. The van der Waals surface area contributed by atoms with Gasteiger partial charge in [-0.1, -0.05) is 22.0 Å². The van der Waals surface area contributed by atoms with Crippen molar-refractivity contribution in [3.63, 3.8) is 0 Å². The number of hydrogen-bond donors (Lipinski definition) is 0. The predicted octanol–water partition coefficient (Wildman–Crippen LogP) is 3.61. The summed E-state index contributed by atoms with van der Waals surface area (Å²) in [6, 6.07) is 5.95. The molecule has 0 aliphatic rings. The van der Waals surface area contributed by atoms with E-state index in [2.05, 4.69) is 31.9 Å². The zero-order valence-electron chi connectivity index (χ0n) is 9.63. The third-order valence-electron chi connectivity index (χ3n) is 2.56. The van der Waals surface area contributed by atoms with Gasteiger partial charge in [-0.25, -0.2) is 0 Å². The fourth-order valence-corrected chi connectivity index (χ4v) is 2.38. The van der Waals surface area contributed by atoms with Crippen LogP contribution in [0.2, 0.25) is 0 Å². The second-order valence-corrected chi connectivity index (χ2v) is 5.40. The molecule has 2 nitrogen and oxygen atoms in total. The maximum Gasteiger partial charge on any atom is 0.255 e. The summed E-state index contributed by atoms with van der Waals surface area (Å²) in [5, 5.41) is 0.777. The van der Waals surface area contributed by atoms with Gasteiger partial charge in [0.25, 0.3) is 5.91 Å². The topological polar surface area (TPSA) is 20.3 Å². The Kier molecular flexibility index (Phi) is 4.99. The lowest BCUT2D eigenvalue weighted by atomic mass is 10.1. The normalized spacial score (nSPS) is 12.3. The number of aryl methyl sites for hydroxylation is 1. The van der Waals surface area contributed by atoms with Crippen molar-refractivity contribution in [1.82, 2.24) is 4.90 Å². The van der Waals surface area contributed by atoms with E-state index in [9.17, 15) is 4.79 Å². The minimum Gasteiger partial charge on any atom is -0.338 e. The van der Waals surface area contributed by atoms with Crippen molar-refractivity contribution in [3.05, 3.63) is 33.8 Å². The number of amides is 1. The first kappa shape index (κ1) is 13.7. The lowest BCUT2D eigenvalue weighted by Crippen LogP contribution is -2.36. The van der Waals surface area contributed by atoms with Crippen LogP contribution in [0.15, 0.2) is 22.7 Å². The van der Waals surface area contributed by atoms with Crippen LogP contribution in [-0.2, 0) is 0 Å². The molecule has 1 atom stereocenters. The zero-order chi connectivity index (χ0) is 12.3. The third-order valence-corrected chi connectivity index (χ3v) is 4.15. The number of hydrogen-bond acceptors (Lipinski definition) is 1. The number of nitrogens with zero attached hydrogens (tertiary/aromatic N) is 1. The summed E-state index contributed by atoms with van der Waals surface area (Å²) in [6.07, 6.45) is 0. The van der Waals surface area contributed by atoms with Crippen LogP contribution in [0.25, 0.3) is 0 Å². The fourth-order valence-electron chi connectivity index (χ4n) is 1.29. The Labute approximate surface area is 113 Å². The molecule has 1 rings (SSSR count). The van der Waals surface area contributed by atoms with E-state index in [0.717, 1.165) is 15.4 Å². The molecule has 0 fully saturated rings. The highest BCUT2D eigenvalue weighted by Crippen LogP contribution is 2.20. The number of carbonyl (C=O) groups is 1. The second kappa shape index (κ2) is 5.82. The molecule has 4 heteroatoms. The Morgan fingerprint density at radius 2 is 2.12 bits per heavy atom. The van der Waals surface area contributed by atoms with Crippen molar-refractivity contribution >= 4 is 37.8 Å². The number of alkyl halides is 1. The predicted molar refractivity (Wildman–Crippen MR) is 74.2 cm³/mol. The molecule has 1 unspecified atom stereocenters. The van der Waals surface area contributed by atoms with E-state index in [-0.39, 0.29) is 11.9 Å². The molecule has 0 bridgehead atoms. The molecule has 0 spiro atoms. The highest BCUT2D eigenvalue weighted by Gasteiger charge is 2.18. The van der Waals surface area contributed by atoms with E-state index >= 15 is 0 Å². The first-order valence-corrected chi connectivity index (χ1v) is 6.98. The van der Waals surface area contributed by atoms with Crippen LogP contribution in [-0.4, -0.2) is 29.2 Å². The van der Waals surface area contributed by atoms with Crippen LogP contribution in [0.5, 0.6) is 0 Å². The van der Waals surface area contributed by atoms with Crippen molar-refractivity contribution in [2.45, 2.75) is 19.9 Å². The van der Waals surface area contributed by atoms with E-state index in [0.29, 0.717) is 5.56 Å². The van der Waals surface area contributed by atoms with Gasteiger partial charge in [0.05, 0.1) is 5.56 Å². The number of halogens is 2. The van der Waals surface area contributed by atoms with Crippen molar-refractivity contribution in [2.75, 3.05) is 12.4 Å². The first-order valence-electron chi connectivity index (χ1n) is 5.06. The molecule has 0 heterocycles. The van der Waals surface area contributed by atoms with Gasteiger partial charge in [-0.2, -0.15) is 0 Å². The van der Waals surface area contributed by atoms with Gasteiger partial charge < -0.3 is 4.90 Å². The van der Waals surface area contributed by atoms with Gasteiger partial charge in [0, 0.05) is 22.9 Å². The average Bonchev–Trinajstić information content (AvgIpc) is 2.26. The molecule has 0 aromatic heterocycles. The van der Waals surface area contributed by atoms with Gasteiger partial charge in [-0.3, -0.25) is 4.79 Å². The molecule has 16 heavy (non-hydrogen) atoms. The summed E-state index contributed by atoms with van der Waals surface area (Å²) < 4.78 is 0.853. The quantitative estimate of drug-likeness (QED) is 0.764. The van der Waals surface area contributed by atoms with Crippen LogP contribution < -0.4 is 0 Å². The van der Waals surface area contributed by atoms with Crippen LogP contribution in [0, 0.1) is 6.92 Å². The summed E-state index contributed by atoms with van der Waals surface area (Å²) in [5.41, 5.74) is 1.85. The largest absolute Gasteiger partial charge is 0.338 e. The van der Waals surface area contributed by atoms with Gasteiger partial charge in [-0.05, 0) is 47.5 Å². The van der Waals surface area contributed by atoms with Gasteiger partial charge in [0.1, 0.15) is 0 Å². The highest BCUT2D eigenvalue weighted by atomic mass is 79.9. The number of benzene rings is 1. The monoisotopic (exact) mass is 347 g/mol. The molecule has 0 aliphatic carbocycles. The fraction of sp³-hybridized carbons (Fsp3) is 0.417. The van der Waals surface area contributed by atoms with Crippen molar-refractivity contribution in [2.24, 2.45) is 0 Å². The summed E-state index contributed by atoms with van der Waals surface area (Å²) in [7, 11) is 1.82. The molecule has 1 aromatic carbocycles. The molecule has 1 amide bonds. The average molecular weight is 349 g/mol. The van der Waals surface area contributed by atoms with E-state index in [4.69, 9.17) is 0 Å². The van der Waals surface area contributed by atoms with Gasteiger partial charge >= 0.3 is 0 Å². The van der Waals surface area contributed by atoms with Crippen LogP contribution >= 0.6 is 31.9 Å². The Morgan fingerprint density at radius 3 is 2.62 bits per heavy atom. The van der Waals surface area contributed by atoms with Crippen LogP contribution in [0.3, 0.4) is 0 Å². The molecular weight excluding hydrogens is 334 g/mol. The Bertz CT molecular complexity index is 393. The van der Waals surface area contributed by atoms with Crippen LogP contribution in [0.1, 0.15) is 22.8 Å². The van der Waals surface area contributed by atoms with Gasteiger partial charge in [-0.15, -0.1) is 0 Å². The summed E-state index contributed by atoms with van der Waals surface area (Å²) >= 11 is 6.81. The van der Waals surface area contributed by atoms with Crippen LogP contribution in [0.4, 0.5) is 0 Å². The highest BCUT2D eigenvalue weighted by molar-refractivity contribution is 9.10. The molecule has 0 aliphatic heterocycles. The molecular formula is C12H15Br2NO. The molecule has 0 radical (unpaired) electrons. The maximum atomic E-state index is 12.2. The van der Waals surface area contributed by atoms with Gasteiger partial charge in [0.15, 0.2) is 0 Å². The standard InChI is InChI=1S/C12H15Br2NO/c1-8-4-5-10(11(14)6-8)12(16)15(3)9(2)7-13/h4-6,9H,7H2,1-3H3. The molecule has 88 valence electrons. The smallest absolute Gasteiger partial charge is 0.255 e. The minimum atomic E-state index is 0.0406. The number of carbonyl (C=O) groups excluding carboxylic acids is 1. The SMILES string of the molecule is Cc1ccc(C(=O)N(C)C(C)CBr)c(Br)c1. The summed E-state index contributed by atoms with van der Waals surface area (Å²) in [6.45, 7) is 4.01. The lowest BCUT2D eigenvalue weighted by molar-refractivity contribution is 0.0757. The Hall–Kier alpha value is -0.350. The maximum absolute atomic E-state index is 12.2. The Morgan fingerprint density at radius 1 is 1.50 bits per heavy atom. The van der Waals surface area contributed by atoms with E-state index in [1.807, 2.05) is 39.1 Å². The second-order valence-electron chi connectivity index (χ2n) is 3.90. The molecule has 0 N–H and O–H groups in total. The molecule has 0 saturated carbocycles. The summed E-state index contributed by atoms with van der Waals surface area (Å²) in [4.78, 5) is 13.9. The van der Waals surface area contributed by atoms with E-state index in [1.54, 1.807) is 4.90 Å². The van der Waals surface area contributed by atoms with Gasteiger partial charge in [0.2, 0.25) is 0 Å². The lowest BCUT2D eigenvalue weighted by Gasteiger charge is -2.23. The minimum absolute atomic E-state index is 0.0406. The summed E-state index contributed by atoms with van der Waals surface area (Å²) in [5.74, 6) is 0.0406. The third kappa shape index (κ3) is 3.08. The van der Waals surface area contributed by atoms with Crippen molar-refractivity contribution < 1.29 is 4.79 Å². The van der Waals surface area contributed by atoms with E-state index in [1.165, 1.54) is 0 Å². The first-order chi connectivity index (χ1) is 7.47. The van der Waals surface area contributed by atoms with Crippen molar-refractivity contribution in [1.29, 1.82) is 0 Å².